The van der Waals surface area contributed by atoms with Gasteiger partial charge < -0.3 is 4.57 Å². The number of ketones is 1. The van der Waals surface area contributed by atoms with Crippen molar-refractivity contribution in [2.24, 2.45) is 0 Å². The summed E-state index contributed by atoms with van der Waals surface area (Å²) in [7, 11) is 0. The molecule has 0 N–H and O–H groups in total. The lowest BCUT2D eigenvalue weighted by Crippen LogP contribution is -2.37. The maximum absolute atomic E-state index is 12.8. The molecule has 1 aliphatic heterocycles. The maximum Gasteiger partial charge on any atom is 0.334 e. The molecular formula is C20H21N3O4S. The minimum atomic E-state index is -0.930. The topological polar surface area (TPSA) is 79.7 Å². The first-order valence-electron chi connectivity index (χ1n) is 9.29. The Morgan fingerprint density at radius 3 is 2.50 bits per heavy atom. The molecule has 28 heavy (non-hydrogen) atoms. The highest BCUT2D eigenvalue weighted by Gasteiger charge is 2.45. The average molecular weight is 399 g/mol. The van der Waals surface area contributed by atoms with E-state index in [0.717, 1.165) is 38.9 Å². The quantitative estimate of drug-likeness (QED) is 0.407. The summed E-state index contributed by atoms with van der Waals surface area (Å²) in [6.07, 6.45) is 2.69. The van der Waals surface area contributed by atoms with Crippen LogP contribution >= 0.6 is 11.3 Å². The Morgan fingerprint density at radius 1 is 1.14 bits per heavy atom. The first-order valence-corrected chi connectivity index (χ1v) is 10.2. The zero-order valence-electron chi connectivity index (χ0n) is 15.8. The van der Waals surface area contributed by atoms with Crippen molar-refractivity contribution in [3.8, 4) is 0 Å². The van der Waals surface area contributed by atoms with Gasteiger partial charge in [0.25, 0.3) is 0 Å². The molecule has 1 saturated carbocycles. The summed E-state index contributed by atoms with van der Waals surface area (Å²) in [4.78, 5) is 52.6. The van der Waals surface area contributed by atoms with E-state index in [-0.39, 0.29) is 12.3 Å². The number of aromatic nitrogens is 1. The van der Waals surface area contributed by atoms with Gasteiger partial charge in [-0.05, 0) is 44.2 Å². The molecule has 1 saturated heterocycles. The summed E-state index contributed by atoms with van der Waals surface area (Å²) >= 11 is 1.53. The molecule has 0 unspecified atom stereocenters. The zero-order chi connectivity index (χ0) is 20.0. The Labute approximate surface area is 166 Å². The first-order chi connectivity index (χ1) is 13.4. The summed E-state index contributed by atoms with van der Waals surface area (Å²) in [5.74, 6) is -2.12. The third kappa shape index (κ3) is 3.17. The summed E-state index contributed by atoms with van der Waals surface area (Å²) in [5, 5.41) is 1.91. The number of urea groups is 1. The average Bonchev–Trinajstić information content (AvgIpc) is 3.20. The van der Waals surface area contributed by atoms with Crippen LogP contribution in [0.5, 0.6) is 0 Å². The van der Waals surface area contributed by atoms with Crippen molar-refractivity contribution in [2.75, 3.05) is 13.1 Å². The number of imide groups is 2. The van der Waals surface area contributed by atoms with Gasteiger partial charge in [-0.2, -0.15) is 0 Å². The van der Waals surface area contributed by atoms with E-state index in [4.69, 9.17) is 0 Å². The fourth-order valence-corrected chi connectivity index (χ4v) is 4.44. The molecule has 0 aromatic carbocycles. The molecule has 0 spiro atoms. The van der Waals surface area contributed by atoms with Crippen LogP contribution in [0.3, 0.4) is 0 Å². The van der Waals surface area contributed by atoms with Crippen molar-refractivity contribution in [3.63, 3.8) is 0 Å². The van der Waals surface area contributed by atoms with Gasteiger partial charge in [-0.25, -0.2) is 9.69 Å². The van der Waals surface area contributed by atoms with Gasteiger partial charge in [-0.3, -0.25) is 19.3 Å². The highest BCUT2D eigenvalue weighted by Crippen LogP contribution is 2.38. The van der Waals surface area contributed by atoms with Crippen molar-refractivity contribution in [2.45, 2.75) is 39.2 Å². The van der Waals surface area contributed by atoms with Crippen LogP contribution in [0.25, 0.3) is 0 Å². The third-order valence-corrected chi connectivity index (χ3v) is 6.23. The number of nitrogens with zero attached hydrogens (tertiary/aromatic N) is 3. The van der Waals surface area contributed by atoms with Crippen LogP contribution in [0.15, 0.2) is 23.6 Å². The van der Waals surface area contributed by atoms with Gasteiger partial charge in [-0.1, -0.05) is 6.07 Å². The Balaban J connectivity index is 1.47. The first kappa shape index (κ1) is 18.6. The van der Waals surface area contributed by atoms with Crippen LogP contribution in [0.1, 0.15) is 45.5 Å². The minimum absolute atomic E-state index is 0.130. The number of rotatable bonds is 7. The number of hydrogen-bond acceptors (Lipinski definition) is 5. The molecule has 4 amide bonds. The highest BCUT2D eigenvalue weighted by atomic mass is 32.1. The fourth-order valence-electron chi connectivity index (χ4n) is 3.75. The Kier molecular flexibility index (Phi) is 4.66. The van der Waals surface area contributed by atoms with Crippen LogP contribution in [-0.2, 0) is 16.0 Å². The van der Waals surface area contributed by atoms with E-state index in [2.05, 4.69) is 4.57 Å². The SMILES string of the molecule is Cc1cc(C(=O)CN2C(=O)C(=O)N(CCc3cccs3)C2=O)c(C)n1C1CC1. The Hall–Kier alpha value is -2.74. The van der Waals surface area contributed by atoms with Gasteiger partial charge >= 0.3 is 17.8 Å². The Morgan fingerprint density at radius 2 is 1.86 bits per heavy atom. The smallest absolute Gasteiger partial charge is 0.334 e. The van der Waals surface area contributed by atoms with Crippen molar-refractivity contribution < 1.29 is 19.2 Å². The number of amides is 4. The van der Waals surface area contributed by atoms with Gasteiger partial charge in [0, 0.05) is 40.8 Å². The number of carbonyl (C=O) groups excluding carboxylic acids is 4. The van der Waals surface area contributed by atoms with Crippen molar-refractivity contribution >= 4 is 35.0 Å². The second-order valence-corrected chi connectivity index (χ2v) is 8.30. The van der Waals surface area contributed by atoms with E-state index in [1.165, 1.54) is 11.3 Å². The van der Waals surface area contributed by atoms with E-state index < -0.39 is 24.4 Å². The molecule has 0 atom stereocenters. The lowest BCUT2D eigenvalue weighted by molar-refractivity contribution is -0.143. The molecule has 7 nitrogen and oxygen atoms in total. The molecule has 146 valence electrons. The molecule has 3 heterocycles. The zero-order valence-corrected chi connectivity index (χ0v) is 16.6. The molecule has 8 heteroatoms. The molecule has 2 fully saturated rings. The predicted molar refractivity (Wildman–Crippen MR) is 103 cm³/mol. The molecule has 2 aliphatic rings. The van der Waals surface area contributed by atoms with Crippen molar-refractivity contribution in [3.05, 3.63) is 45.4 Å². The lowest BCUT2D eigenvalue weighted by atomic mass is 10.1. The van der Waals surface area contributed by atoms with Crippen LogP contribution in [0.4, 0.5) is 4.79 Å². The minimum Gasteiger partial charge on any atom is -0.345 e. The number of thiophene rings is 1. The van der Waals surface area contributed by atoms with E-state index in [0.29, 0.717) is 18.0 Å². The number of hydrogen-bond donors (Lipinski definition) is 0. The molecule has 2 aromatic rings. The van der Waals surface area contributed by atoms with E-state index in [1.807, 2.05) is 31.4 Å². The number of carbonyl (C=O) groups is 4. The van der Waals surface area contributed by atoms with Crippen molar-refractivity contribution in [1.29, 1.82) is 0 Å². The number of aryl methyl sites for hydroxylation is 1. The largest absolute Gasteiger partial charge is 0.345 e. The molecule has 1 aliphatic carbocycles. The Bertz CT molecular complexity index is 972. The summed E-state index contributed by atoms with van der Waals surface area (Å²) in [5.41, 5.74) is 2.36. The molecule has 0 radical (unpaired) electrons. The second-order valence-electron chi connectivity index (χ2n) is 7.27. The van der Waals surface area contributed by atoms with E-state index in [9.17, 15) is 19.2 Å². The summed E-state index contributed by atoms with van der Waals surface area (Å²) < 4.78 is 2.14. The van der Waals surface area contributed by atoms with Gasteiger partial charge in [0.15, 0.2) is 5.78 Å². The summed E-state index contributed by atoms with van der Waals surface area (Å²) in [6, 6.07) is 5.33. The monoisotopic (exact) mass is 399 g/mol. The van der Waals surface area contributed by atoms with Crippen LogP contribution in [-0.4, -0.2) is 51.1 Å². The van der Waals surface area contributed by atoms with Gasteiger partial charge in [-0.15, -0.1) is 11.3 Å². The summed E-state index contributed by atoms with van der Waals surface area (Å²) in [6.45, 7) is 3.55. The van der Waals surface area contributed by atoms with Gasteiger partial charge in [0.05, 0.1) is 6.54 Å². The van der Waals surface area contributed by atoms with Crippen molar-refractivity contribution in [1.82, 2.24) is 14.4 Å². The molecule has 4 rings (SSSR count). The third-order valence-electron chi connectivity index (χ3n) is 5.30. The number of Topliss-reactive ketones (excluding diaryl/α,β-unsaturated/α-hetero) is 1. The lowest BCUT2D eigenvalue weighted by Gasteiger charge is -2.15. The van der Waals surface area contributed by atoms with Crippen LogP contribution < -0.4 is 0 Å². The standard InChI is InChI=1S/C20H21N3O4S/c1-12-10-16(13(2)23(12)14-5-6-14)17(24)11-22-19(26)18(25)21(20(22)27)8-7-15-4-3-9-28-15/h3-4,9-10,14H,5-8,11H2,1-2H3. The van der Waals surface area contributed by atoms with E-state index >= 15 is 0 Å². The predicted octanol–water partition coefficient (Wildman–Crippen LogP) is 2.72. The second kappa shape index (κ2) is 7.01. The molecule has 0 bridgehead atoms. The van der Waals surface area contributed by atoms with E-state index in [1.54, 1.807) is 6.07 Å². The molecule has 2 aromatic heterocycles. The van der Waals surface area contributed by atoms with Gasteiger partial charge in [0.2, 0.25) is 0 Å². The molecular weight excluding hydrogens is 378 g/mol. The van der Waals surface area contributed by atoms with Crippen LogP contribution in [0.2, 0.25) is 0 Å². The van der Waals surface area contributed by atoms with Gasteiger partial charge in [0.1, 0.15) is 0 Å². The maximum atomic E-state index is 12.8. The van der Waals surface area contributed by atoms with Crippen LogP contribution in [0, 0.1) is 13.8 Å². The fraction of sp³-hybridized carbons (Fsp3) is 0.400. The normalized spacial score (nSPS) is 17.1. The highest BCUT2D eigenvalue weighted by molar-refractivity contribution is 7.09.